The summed E-state index contributed by atoms with van der Waals surface area (Å²) in [5, 5.41) is 9.02. The molecule has 0 spiro atoms. The number of rotatable bonds is 4. The van der Waals surface area contributed by atoms with Crippen molar-refractivity contribution < 1.29 is 14.7 Å². The van der Waals surface area contributed by atoms with Gasteiger partial charge >= 0.3 is 5.97 Å². The first-order valence-electron chi connectivity index (χ1n) is 5.25. The number of aliphatic carboxylic acids is 1. The van der Waals surface area contributed by atoms with Crippen LogP contribution >= 0.6 is 0 Å². The summed E-state index contributed by atoms with van der Waals surface area (Å²) in [6.45, 7) is 2.98. The average Bonchev–Trinajstić information content (AvgIpc) is 2.29. The van der Waals surface area contributed by atoms with Crippen LogP contribution in [-0.4, -0.2) is 39.5 Å². The number of pyridine rings is 1. The Morgan fingerprint density at radius 1 is 1.41 bits per heavy atom. The molecule has 1 heterocycles. The molecule has 0 radical (unpaired) electrons. The molecule has 0 saturated carbocycles. The van der Waals surface area contributed by atoms with Gasteiger partial charge in [0, 0.05) is 18.9 Å². The molecule has 1 N–H and O–H groups in total. The van der Waals surface area contributed by atoms with E-state index < -0.39 is 11.5 Å². The lowest BCUT2D eigenvalue weighted by molar-refractivity contribution is -0.155. The maximum absolute atomic E-state index is 11.9. The number of carboxylic acid groups (broad SMARTS) is 1. The molecule has 0 aromatic carbocycles. The summed E-state index contributed by atoms with van der Waals surface area (Å²) in [5.74, 6) is -1.30. The third-order valence-corrected chi connectivity index (χ3v) is 2.79. The Labute approximate surface area is 100 Å². The number of carbonyl (C=O) groups excluding carboxylic acids is 1. The minimum atomic E-state index is -1.22. The van der Waals surface area contributed by atoms with E-state index in [-0.39, 0.29) is 12.3 Å². The number of hydrogen-bond acceptors (Lipinski definition) is 3. The molecule has 5 nitrogen and oxygen atoms in total. The lowest BCUT2D eigenvalue weighted by atomic mass is 10.0. The molecule has 1 aromatic heterocycles. The molecule has 1 amide bonds. The minimum absolute atomic E-state index is 0.105. The van der Waals surface area contributed by atoms with Crippen LogP contribution in [0.4, 0.5) is 0 Å². The molecule has 0 atom stereocenters. The molecule has 0 fully saturated rings. The van der Waals surface area contributed by atoms with Gasteiger partial charge in [0.25, 0.3) is 0 Å². The van der Waals surface area contributed by atoms with Gasteiger partial charge in [-0.25, -0.2) is 4.79 Å². The van der Waals surface area contributed by atoms with Crippen LogP contribution in [0.5, 0.6) is 0 Å². The normalized spacial score (nSPS) is 11.0. The highest BCUT2D eigenvalue weighted by atomic mass is 16.4. The number of carbonyl (C=O) groups is 2. The van der Waals surface area contributed by atoms with E-state index >= 15 is 0 Å². The Morgan fingerprint density at radius 2 is 2.06 bits per heavy atom. The summed E-state index contributed by atoms with van der Waals surface area (Å²) in [7, 11) is 1.49. The molecule has 17 heavy (non-hydrogen) atoms. The monoisotopic (exact) mass is 236 g/mol. The second-order valence-electron chi connectivity index (χ2n) is 4.31. The van der Waals surface area contributed by atoms with Crippen LogP contribution in [0.15, 0.2) is 24.4 Å². The zero-order valence-electron chi connectivity index (χ0n) is 10.2. The summed E-state index contributed by atoms with van der Waals surface area (Å²) in [4.78, 5) is 28.2. The van der Waals surface area contributed by atoms with Crippen molar-refractivity contribution in [1.29, 1.82) is 0 Å². The number of nitrogens with zero attached hydrogens (tertiary/aromatic N) is 2. The third kappa shape index (κ3) is 3.03. The smallest absolute Gasteiger partial charge is 0.329 e. The van der Waals surface area contributed by atoms with Crippen molar-refractivity contribution in [3.05, 3.63) is 30.1 Å². The maximum atomic E-state index is 11.9. The quantitative estimate of drug-likeness (QED) is 0.844. The zero-order chi connectivity index (χ0) is 13.1. The molecule has 1 rings (SSSR count). The number of hydrogen-bond donors (Lipinski definition) is 1. The fourth-order valence-electron chi connectivity index (χ4n) is 1.23. The molecule has 0 aliphatic carbocycles. The Hall–Kier alpha value is -1.91. The van der Waals surface area contributed by atoms with Gasteiger partial charge in [0.05, 0.1) is 6.42 Å². The van der Waals surface area contributed by atoms with E-state index in [4.69, 9.17) is 5.11 Å². The fourth-order valence-corrected chi connectivity index (χ4v) is 1.23. The molecule has 0 bridgehead atoms. The number of aromatic nitrogens is 1. The van der Waals surface area contributed by atoms with Crippen molar-refractivity contribution in [2.75, 3.05) is 7.05 Å². The molecule has 0 saturated heterocycles. The van der Waals surface area contributed by atoms with E-state index in [0.717, 1.165) is 0 Å². The van der Waals surface area contributed by atoms with Crippen molar-refractivity contribution in [3.63, 3.8) is 0 Å². The van der Waals surface area contributed by atoms with Crippen LogP contribution in [0.25, 0.3) is 0 Å². The van der Waals surface area contributed by atoms with Crippen LogP contribution in [0, 0.1) is 0 Å². The van der Waals surface area contributed by atoms with Crippen molar-refractivity contribution in [3.8, 4) is 0 Å². The highest BCUT2D eigenvalue weighted by Crippen LogP contribution is 2.13. The summed E-state index contributed by atoms with van der Waals surface area (Å²) < 4.78 is 0. The first kappa shape index (κ1) is 13.2. The van der Waals surface area contributed by atoms with Crippen molar-refractivity contribution in [1.82, 2.24) is 9.88 Å². The van der Waals surface area contributed by atoms with Gasteiger partial charge in [-0.15, -0.1) is 0 Å². The van der Waals surface area contributed by atoms with Crippen LogP contribution < -0.4 is 0 Å². The topological polar surface area (TPSA) is 70.5 Å². The van der Waals surface area contributed by atoms with Gasteiger partial charge in [-0.2, -0.15) is 0 Å². The molecule has 92 valence electrons. The summed E-state index contributed by atoms with van der Waals surface area (Å²) in [6, 6.07) is 5.29. The average molecular weight is 236 g/mol. The predicted molar refractivity (Wildman–Crippen MR) is 62.4 cm³/mol. The number of carboxylic acids is 1. The van der Waals surface area contributed by atoms with E-state index in [1.807, 2.05) is 0 Å². The van der Waals surface area contributed by atoms with Gasteiger partial charge in [-0.3, -0.25) is 9.78 Å². The molecule has 0 unspecified atom stereocenters. The molecule has 5 heteroatoms. The van der Waals surface area contributed by atoms with Crippen LogP contribution in [0.1, 0.15) is 19.5 Å². The molecular formula is C12H16N2O3. The molecule has 0 aliphatic rings. The lowest BCUT2D eigenvalue weighted by Crippen LogP contribution is -2.51. The zero-order valence-corrected chi connectivity index (χ0v) is 10.2. The van der Waals surface area contributed by atoms with E-state index in [0.29, 0.717) is 5.69 Å². The summed E-state index contributed by atoms with van der Waals surface area (Å²) >= 11 is 0. The molecule has 1 aromatic rings. The first-order chi connectivity index (χ1) is 7.85. The van der Waals surface area contributed by atoms with E-state index in [1.54, 1.807) is 24.4 Å². The largest absolute Gasteiger partial charge is 0.480 e. The third-order valence-electron chi connectivity index (χ3n) is 2.79. The number of amides is 1. The highest BCUT2D eigenvalue weighted by molar-refractivity contribution is 5.87. The van der Waals surface area contributed by atoms with E-state index in [1.165, 1.54) is 25.8 Å². The lowest BCUT2D eigenvalue weighted by Gasteiger charge is -2.31. The van der Waals surface area contributed by atoms with Crippen LogP contribution in [0.2, 0.25) is 0 Å². The Morgan fingerprint density at radius 3 is 2.53 bits per heavy atom. The fraction of sp³-hybridized carbons (Fsp3) is 0.417. The SMILES string of the molecule is CN(C(=O)Cc1ccccn1)C(C)(C)C(=O)O. The van der Waals surface area contributed by atoms with Gasteiger partial charge in [-0.1, -0.05) is 6.07 Å². The van der Waals surface area contributed by atoms with Gasteiger partial charge in [0.2, 0.25) is 5.91 Å². The summed E-state index contributed by atoms with van der Waals surface area (Å²) in [6.07, 6.45) is 1.71. The minimum Gasteiger partial charge on any atom is -0.480 e. The Kier molecular flexibility index (Phi) is 3.83. The number of likely N-dealkylation sites (N-methyl/N-ethyl adjacent to an activating group) is 1. The van der Waals surface area contributed by atoms with E-state index in [2.05, 4.69) is 4.98 Å². The predicted octanol–water partition coefficient (Wildman–Crippen LogP) is 0.946. The second-order valence-corrected chi connectivity index (χ2v) is 4.31. The van der Waals surface area contributed by atoms with Gasteiger partial charge in [0.1, 0.15) is 5.54 Å². The first-order valence-corrected chi connectivity index (χ1v) is 5.25. The Balaban J connectivity index is 2.75. The second kappa shape index (κ2) is 4.95. The van der Waals surface area contributed by atoms with Crippen molar-refractivity contribution in [2.45, 2.75) is 25.8 Å². The van der Waals surface area contributed by atoms with Crippen molar-refractivity contribution >= 4 is 11.9 Å². The molecule has 0 aliphatic heterocycles. The van der Waals surface area contributed by atoms with E-state index in [9.17, 15) is 9.59 Å². The molecular weight excluding hydrogens is 220 g/mol. The highest BCUT2D eigenvalue weighted by Gasteiger charge is 2.34. The van der Waals surface area contributed by atoms with Crippen molar-refractivity contribution in [2.24, 2.45) is 0 Å². The van der Waals surface area contributed by atoms with Gasteiger partial charge < -0.3 is 10.0 Å². The maximum Gasteiger partial charge on any atom is 0.329 e. The standard InChI is InChI=1S/C12H16N2O3/c1-12(2,11(16)17)14(3)10(15)8-9-6-4-5-7-13-9/h4-7H,8H2,1-3H3,(H,16,17). The van der Waals surface area contributed by atoms with Gasteiger partial charge in [0.15, 0.2) is 0 Å². The van der Waals surface area contributed by atoms with Crippen LogP contribution in [0.3, 0.4) is 0 Å². The van der Waals surface area contributed by atoms with Gasteiger partial charge in [-0.05, 0) is 26.0 Å². The summed E-state index contributed by atoms with van der Waals surface area (Å²) in [5.41, 5.74) is -0.586. The Bertz CT molecular complexity index is 415. The van der Waals surface area contributed by atoms with Crippen LogP contribution in [-0.2, 0) is 16.0 Å².